The minimum absolute atomic E-state index is 0.0275. The van der Waals surface area contributed by atoms with Gasteiger partial charge in [-0.3, -0.25) is 9.59 Å². The molecule has 1 amide bonds. The molecule has 1 heterocycles. The monoisotopic (exact) mass is 252 g/mol. The van der Waals surface area contributed by atoms with Gasteiger partial charge in [-0.15, -0.1) is 0 Å². The first kappa shape index (κ1) is 14.4. The summed E-state index contributed by atoms with van der Waals surface area (Å²) in [7, 11) is 1.63. The molecule has 18 heavy (non-hydrogen) atoms. The van der Waals surface area contributed by atoms with Crippen LogP contribution in [0, 0.1) is 5.92 Å². The minimum atomic E-state index is -0.278. The summed E-state index contributed by atoms with van der Waals surface area (Å²) in [6.45, 7) is 3.98. The van der Waals surface area contributed by atoms with E-state index in [4.69, 9.17) is 5.11 Å². The molecule has 0 saturated carbocycles. The van der Waals surface area contributed by atoms with Crippen molar-refractivity contribution in [3.8, 4) is 0 Å². The van der Waals surface area contributed by atoms with Gasteiger partial charge in [0.05, 0.1) is 0 Å². The molecule has 100 valence electrons. The van der Waals surface area contributed by atoms with Gasteiger partial charge in [0.25, 0.3) is 11.5 Å². The Balaban J connectivity index is 2.80. The lowest BCUT2D eigenvalue weighted by atomic mass is 10.0. The van der Waals surface area contributed by atoms with Crippen molar-refractivity contribution < 1.29 is 9.90 Å². The van der Waals surface area contributed by atoms with Gasteiger partial charge in [-0.1, -0.05) is 13.8 Å². The third-order valence-electron chi connectivity index (χ3n) is 2.93. The summed E-state index contributed by atoms with van der Waals surface area (Å²) < 4.78 is 1.41. The summed E-state index contributed by atoms with van der Waals surface area (Å²) in [6, 6.07) is 2.82. The summed E-state index contributed by atoms with van der Waals surface area (Å²) in [5.41, 5.74) is 0.132. The second kappa shape index (κ2) is 6.35. The number of pyridine rings is 1. The number of aliphatic hydroxyl groups excluding tert-OH is 1. The van der Waals surface area contributed by atoms with E-state index in [9.17, 15) is 9.59 Å². The van der Waals surface area contributed by atoms with Crippen LogP contribution in [0.25, 0.3) is 0 Å². The van der Waals surface area contributed by atoms with Crippen molar-refractivity contribution in [3.63, 3.8) is 0 Å². The highest BCUT2D eigenvalue weighted by Gasteiger charge is 2.16. The van der Waals surface area contributed by atoms with Crippen LogP contribution < -0.4 is 10.9 Å². The van der Waals surface area contributed by atoms with Crippen molar-refractivity contribution in [3.05, 3.63) is 34.2 Å². The predicted molar refractivity (Wildman–Crippen MR) is 69.5 cm³/mol. The Morgan fingerprint density at radius 2 is 2.17 bits per heavy atom. The first-order valence-electron chi connectivity index (χ1n) is 6.04. The number of aliphatic hydroxyl groups is 1. The zero-order valence-electron chi connectivity index (χ0n) is 11.0. The summed E-state index contributed by atoms with van der Waals surface area (Å²) in [5.74, 6) is -0.0486. The second-order valence-corrected chi connectivity index (χ2v) is 4.70. The normalized spacial score (nSPS) is 12.5. The topological polar surface area (TPSA) is 71.3 Å². The van der Waals surface area contributed by atoms with E-state index < -0.39 is 0 Å². The smallest absolute Gasteiger partial charge is 0.251 e. The Kier molecular flexibility index (Phi) is 5.09. The van der Waals surface area contributed by atoms with E-state index in [1.54, 1.807) is 19.3 Å². The highest BCUT2D eigenvalue weighted by Crippen LogP contribution is 2.07. The molecule has 0 radical (unpaired) electrons. The number of aryl methyl sites for hydroxylation is 1. The zero-order chi connectivity index (χ0) is 13.7. The van der Waals surface area contributed by atoms with Gasteiger partial charge in [-0.05, 0) is 18.4 Å². The third-order valence-corrected chi connectivity index (χ3v) is 2.93. The molecule has 5 nitrogen and oxygen atoms in total. The first-order valence-corrected chi connectivity index (χ1v) is 6.04. The average molecular weight is 252 g/mol. The number of nitrogens with one attached hydrogen (secondary N) is 1. The number of carbonyl (C=O) groups excluding carboxylic acids is 1. The molecule has 0 spiro atoms. The van der Waals surface area contributed by atoms with E-state index in [0.29, 0.717) is 12.0 Å². The second-order valence-electron chi connectivity index (χ2n) is 4.70. The standard InChI is InChI=1S/C13H20N2O3/c1-9(2)11(5-7-16)14-13(18)10-4-6-15(3)12(17)8-10/h4,6,8-9,11,16H,5,7H2,1-3H3,(H,14,18). The van der Waals surface area contributed by atoms with Gasteiger partial charge in [0.2, 0.25) is 0 Å². The van der Waals surface area contributed by atoms with Gasteiger partial charge in [0, 0.05) is 37.5 Å². The Bertz CT molecular complexity index is 466. The van der Waals surface area contributed by atoms with E-state index in [0.717, 1.165) is 0 Å². The van der Waals surface area contributed by atoms with Crippen LogP contribution >= 0.6 is 0 Å². The van der Waals surface area contributed by atoms with Gasteiger partial charge in [0.1, 0.15) is 0 Å². The van der Waals surface area contributed by atoms with E-state index >= 15 is 0 Å². The van der Waals surface area contributed by atoms with Crippen molar-refractivity contribution in [1.29, 1.82) is 0 Å². The van der Waals surface area contributed by atoms with E-state index in [2.05, 4.69) is 5.32 Å². The molecule has 0 bridgehead atoms. The fourth-order valence-corrected chi connectivity index (χ4v) is 1.65. The van der Waals surface area contributed by atoms with Crippen LogP contribution in [-0.2, 0) is 7.05 Å². The Hall–Kier alpha value is -1.62. The lowest BCUT2D eigenvalue weighted by Crippen LogP contribution is -2.39. The fraction of sp³-hybridized carbons (Fsp3) is 0.538. The summed E-state index contributed by atoms with van der Waals surface area (Å²) in [6.07, 6.45) is 2.07. The van der Waals surface area contributed by atoms with Crippen LogP contribution in [0.15, 0.2) is 23.1 Å². The van der Waals surface area contributed by atoms with E-state index in [-0.39, 0.29) is 30.0 Å². The molecule has 0 aliphatic rings. The van der Waals surface area contributed by atoms with Crippen LogP contribution in [0.3, 0.4) is 0 Å². The molecule has 2 N–H and O–H groups in total. The maximum atomic E-state index is 12.0. The number of hydrogen-bond donors (Lipinski definition) is 2. The number of hydrogen-bond acceptors (Lipinski definition) is 3. The Labute approximate surface area is 106 Å². The van der Waals surface area contributed by atoms with E-state index in [1.165, 1.54) is 10.6 Å². The molecule has 0 aliphatic heterocycles. The van der Waals surface area contributed by atoms with Crippen molar-refractivity contribution >= 4 is 5.91 Å². The molecule has 0 aromatic carbocycles. The SMILES string of the molecule is CC(C)C(CCO)NC(=O)c1ccn(C)c(=O)c1. The molecule has 0 aliphatic carbocycles. The van der Waals surface area contributed by atoms with Crippen LogP contribution in [-0.4, -0.2) is 28.2 Å². The van der Waals surface area contributed by atoms with Gasteiger partial charge in [0.15, 0.2) is 0 Å². The molecular formula is C13H20N2O3. The highest BCUT2D eigenvalue weighted by molar-refractivity contribution is 5.94. The zero-order valence-corrected chi connectivity index (χ0v) is 11.0. The molecular weight excluding hydrogens is 232 g/mol. The number of carbonyl (C=O) groups is 1. The number of rotatable bonds is 5. The fourth-order valence-electron chi connectivity index (χ4n) is 1.65. The molecule has 1 aromatic heterocycles. The molecule has 1 unspecified atom stereocenters. The molecule has 5 heteroatoms. The third kappa shape index (κ3) is 3.70. The Morgan fingerprint density at radius 3 is 2.67 bits per heavy atom. The number of amides is 1. The number of nitrogens with zero attached hydrogens (tertiary/aromatic N) is 1. The lowest BCUT2D eigenvalue weighted by Gasteiger charge is -2.21. The largest absolute Gasteiger partial charge is 0.396 e. The van der Waals surface area contributed by atoms with Crippen molar-refractivity contribution in [2.75, 3.05) is 6.61 Å². The summed E-state index contributed by atoms with van der Waals surface area (Å²) in [5, 5.41) is 11.8. The first-order chi connectivity index (χ1) is 8.45. The average Bonchev–Trinajstić information content (AvgIpc) is 2.31. The predicted octanol–water partition coefficient (Wildman–Crippen LogP) is 0.522. The minimum Gasteiger partial charge on any atom is -0.396 e. The van der Waals surface area contributed by atoms with Gasteiger partial charge in [-0.25, -0.2) is 0 Å². The molecule has 1 atom stereocenters. The molecule has 1 aromatic rings. The van der Waals surface area contributed by atoms with Crippen LogP contribution in [0.1, 0.15) is 30.6 Å². The molecule has 1 rings (SSSR count). The van der Waals surface area contributed by atoms with Crippen LogP contribution in [0.4, 0.5) is 0 Å². The van der Waals surface area contributed by atoms with E-state index in [1.807, 2.05) is 13.8 Å². The van der Waals surface area contributed by atoms with Crippen molar-refractivity contribution in [1.82, 2.24) is 9.88 Å². The van der Waals surface area contributed by atoms with Crippen LogP contribution in [0.5, 0.6) is 0 Å². The van der Waals surface area contributed by atoms with Crippen molar-refractivity contribution in [2.45, 2.75) is 26.3 Å². The van der Waals surface area contributed by atoms with Gasteiger partial charge in [-0.2, -0.15) is 0 Å². The molecule has 0 saturated heterocycles. The maximum Gasteiger partial charge on any atom is 0.251 e. The van der Waals surface area contributed by atoms with Gasteiger partial charge < -0.3 is 15.0 Å². The lowest BCUT2D eigenvalue weighted by molar-refractivity contribution is 0.0916. The Morgan fingerprint density at radius 1 is 1.50 bits per heavy atom. The number of aromatic nitrogens is 1. The van der Waals surface area contributed by atoms with Crippen molar-refractivity contribution in [2.24, 2.45) is 13.0 Å². The molecule has 0 fully saturated rings. The van der Waals surface area contributed by atoms with Crippen LogP contribution in [0.2, 0.25) is 0 Å². The maximum absolute atomic E-state index is 12.0. The quantitative estimate of drug-likeness (QED) is 0.802. The highest BCUT2D eigenvalue weighted by atomic mass is 16.3. The summed E-state index contributed by atoms with van der Waals surface area (Å²) in [4.78, 5) is 23.4. The van der Waals surface area contributed by atoms with Gasteiger partial charge >= 0.3 is 0 Å². The summed E-state index contributed by atoms with van der Waals surface area (Å²) >= 11 is 0.